The molecule has 24 heavy (non-hydrogen) atoms. The third kappa shape index (κ3) is 5.76. The Kier molecular flexibility index (Phi) is 8.71. The molecule has 0 saturated carbocycles. The maximum absolute atomic E-state index is 5.51. The van der Waals surface area contributed by atoms with Crippen molar-refractivity contribution in [2.24, 2.45) is 0 Å². The Morgan fingerprint density at radius 3 is 2.54 bits per heavy atom. The summed E-state index contributed by atoms with van der Waals surface area (Å²) in [5.74, 6) is 1.11. The molecule has 119 valence electrons. The van der Waals surface area contributed by atoms with Gasteiger partial charge >= 0.3 is 0 Å². The maximum Gasteiger partial charge on any atom is 0.222 e. The standard InChI is InChI=1S/C12H11N5.C3H3NS.Mn.Zn/c13-12-14-7-9-11(17-12)16-10(15-9)6-8-4-2-1-3-5-8;1-2-5-3-4-1;;/h1-5,7H,6H2,(H3,13,14,15,16,17);1-3H;;. The second-order valence-corrected chi connectivity index (χ2v) is 5.24. The van der Waals surface area contributed by atoms with Crippen LogP contribution in [0.15, 0.2) is 53.6 Å². The van der Waals surface area contributed by atoms with Gasteiger partial charge in [-0.2, -0.15) is 4.98 Å². The molecule has 1 aromatic carbocycles. The van der Waals surface area contributed by atoms with E-state index in [0.29, 0.717) is 5.65 Å². The van der Waals surface area contributed by atoms with E-state index in [1.54, 1.807) is 29.2 Å². The molecule has 0 aliphatic carbocycles. The summed E-state index contributed by atoms with van der Waals surface area (Å²) >= 11 is 1.60. The number of anilines is 1. The number of nitrogen functional groups attached to an aromatic ring is 1. The Labute approximate surface area is 166 Å². The minimum Gasteiger partial charge on any atom is -0.368 e. The van der Waals surface area contributed by atoms with Crippen molar-refractivity contribution in [1.82, 2.24) is 24.9 Å². The van der Waals surface area contributed by atoms with Crippen LogP contribution in [0.1, 0.15) is 11.4 Å². The molecule has 0 atom stereocenters. The van der Waals surface area contributed by atoms with E-state index in [1.165, 1.54) is 5.56 Å². The minimum atomic E-state index is 0. The summed E-state index contributed by atoms with van der Waals surface area (Å²) < 4.78 is 0. The molecule has 0 unspecified atom stereocenters. The second-order valence-electron chi connectivity index (χ2n) is 4.49. The molecule has 0 amide bonds. The predicted octanol–water partition coefficient (Wildman–Crippen LogP) is 2.66. The average molecular weight is 431 g/mol. The van der Waals surface area contributed by atoms with Gasteiger partial charge in [0.15, 0.2) is 5.65 Å². The van der Waals surface area contributed by atoms with E-state index in [-0.39, 0.29) is 42.5 Å². The first-order chi connectivity index (χ1) is 10.8. The van der Waals surface area contributed by atoms with Gasteiger partial charge in [0, 0.05) is 54.5 Å². The molecule has 4 aromatic rings. The Morgan fingerprint density at radius 2 is 1.92 bits per heavy atom. The first kappa shape index (κ1) is 20.4. The summed E-state index contributed by atoms with van der Waals surface area (Å²) in [6.45, 7) is 0. The van der Waals surface area contributed by atoms with Crippen molar-refractivity contribution in [1.29, 1.82) is 0 Å². The van der Waals surface area contributed by atoms with E-state index in [1.807, 2.05) is 23.6 Å². The molecule has 3 heterocycles. The van der Waals surface area contributed by atoms with Crippen LogP contribution in [0.2, 0.25) is 0 Å². The first-order valence-corrected chi connectivity index (χ1v) is 7.59. The molecule has 4 rings (SSSR count). The van der Waals surface area contributed by atoms with Crippen molar-refractivity contribution >= 4 is 28.4 Å². The van der Waals surface area contributed by atoms with Crippen LogP contribution >= 0.6 is 11.3 Å². The fraction of sp³-hybridized carbons (Fsp3) is 0.0667. The Bertz CT molecular complexity index is 820. The van der Waals surface area contributed by atoms with E-state index < -0.39 is 0 Å². The molecule has 0 saturated heterocycles. The van der Waals surface area contributed by atoms with Gasteiger partial charge in [0.2, 0.25) is 5.95 Å². The van der Waals surface area contributed by atoms with E-state index >= 15 is 0 Å². The molecule has 0 aliphatic rings. The number of H-pyrrole nitrogens is 1. The number of aromatic amines is 1. The summed E-state index contributed by atoms with van der Waals surface area (Å²) in [7, 11) is 0. The molecule has 9 heteroatoms. The van der Waals surface area contributed by atoms with Crippen LogP contribution in [-0.2, 0) is 43.0 Å². The Hall–Kier alpha value is -1.66. The van der Waals surface area contributed by atoms with Gasteiger partial charge in [-0.3, -0.25) is 4.98 Å². The molecule has 0 spiro atoms. The number of thiazole rings is 1. The van der Waals surface area contributed by atoms with Crippen LogP contribution in [0.4, 0.5) is 5.95 Å². The first-order valence-electron chi connectivity index (χ1n) is 6.64. The average Bonchev–Trinajstić information content (AvgIpc) is 3.20. The van der Waals surface area contributed by atoms with E-state index in [2.05, 4.69) is 37.1 Å². The maximum atomic E-state index is 5.51. The predicted molar refractivity (Wildman–Crippen MR) is 87.5 cm³/mol. The number of fused-ring (bicyclic) bond motifs is 1. The Balaban J connectivity index is 0.000000357. The number of hydrogen-bond acceptors (Lipinski definition) is 6. The van der Waals surface area contributed by atoms with Gasteiger partial charge in [-0.25, -0.2) is 9.97 Å². The van der Waals surface area contributed by atoms with Crippen molar-refractivity contribution in [3.8, 4) is 0 Å². The molecule has 0 fully saturated rings. The van der Waals surface area contributed by atoms with Gasteiger partial charge in [0.25, 0.3) is 0 Å². The zero-order valence-electron chi connectivity index (χ0n) is 12.8. The number of hydrogen-bond donors (Lipinski definition) is 2. The molecule has 1 radical (unpaired) electrons. The molecular formula is C15H14MnN6SZn. The number of aromatic nitrogens is 5. The van der Waals surface area contributed by atoms with Crippen LogP contribution < -0.4 is 5.73 Å². The zero-order chi connectivity index (χ0) is 15.2. The fourth-order valence-electron chi connectivity index (χ4n) is 1.92. The number of nitrogens with two attached hydrogens (primary N) is 1. The summed E-state index contributed by atoms with van der Waals surface area (Å²) in [6, 6.07) is 10.1. The zero-order valence-corrected chi connectivity index (χ0v) is 17.7. The normalized spacial score (nSPS) is 9.33. The fourth-order valence-corrected chi connectivity index (χ4v) is 2.27. The monoisotopic (exact) mass is 429 g/mol. The minimum absolute atomic E-state index is 0. The van der Waals surface area contributed by atoms with Crippen molar-refractivity contribution in [2.45, 2.75) is 6.42 Å². The molecule has 0 aliphatic heterocycles. The number of benzene rings is 1. The summed E-state index contributed by atoms with van der Waals surface area (Å²) in [5.41, 5.74) is 9.93. The molecule has 3 aromatic heterocycles. The van der Waals surface area contributed by atoms with Gasteiger partial charge in [-0.05, 0) is 5.56 Å². The van der Waals surface area contributed by atoms with E-state index in [9.17, 15) is 0 Å². The van der Waals surface area contributed by atoms with Crippen LogP contribution in [-0.4, -0.2) is 24.9 Å². The number of rotatable bonds is 2. The van der Waals surface area contributed by atoms with Crippen LogP contribution in [0, 0.1) is 0 Å². The quantitative estimate of drug-likeness (QED) is 0.477. The van der Waals surface area contributed by atoms with Crippen molar-refractivity contribution < 1.29 is 36.5 Å². The molecule has 6 nitrogen and oxygen atoms in total. The topological polar surface area (TPSA) is 93.4 Å². The van der Waals surface area contributed by atoms with Crippen LogP contribution in [0.3, 0.4) is 0 Å². The number of nitrogens with one attached hydrogen (secondary N) is 1. The van der Waals surface area contributed by atoms with Gasteiger partial charge in [0.05, 0.1) is 11.7 Å². The van der Waals surface area contributed by atoms with Gasteiger partial charge in [-0.1, -0.05) is 30.3 Å². The third-order valence-corrected chi connectivity index (χ3v) is 3.39. The Morgan fingerprint density at radius 1 is 1.12 bits per heavy atom. The van der Waals surface area contributed by atoms with Crippen LogP contribution in [0.5, 0.6) is 0 Å². The number of imidazole rings is 1. The molecular weight excluding hydrogens is 417 g/mol. The SMILES string of the molecule is Nc1ncc2[nH]c(Cc3ccccc3)nc2n1.[Mn].[Zn].c1cscn1. The molecule has 0 bridgehead atoms. The van der Waals surface area contributed by atoms with E-state index in [0.717, 1.165) is 17.8 Å². The van der Waals surface area contributed by atoms with Crippen molar-refractivity contribution in [3.63, 3.8) is 0 Å². The second kappa shape index (κ2) is 10.3. The molecule has 3 N–H and O–H groups in total. The van der Waals surface area contributed by atoms with E-state index in [4.69, 9.17) is 5.73 Å². The van der Waals surface area contributed by atoms with Gasteiger partial charge < -0.3 is 10.7 Å². The van der Waals surface area contributed by atoms with Gasteiger partial charge in [0.1, 0.15) is 11.3 Å². The van der Waals surface area contributed by atoms with Gasteiger partial charge in [-0.15, -0.1) is 11.3 Å². The third-order valence-electron chi connectivity index (χ3n) is 2.87. The van der Waals surface area contributed by atoms with Crippen LogP contribution in [0.25, 0.3) is 11.2 Å². The number of nitrogens with zero attached hydrogens (tertiary/aromatic N) is 4. The summed E-state index contributed by atoms with van der Waals surface area (Å²) in [4.78, 5) is 19.3. The largest absolute Gasteiger partial charge is 0.368 e. The van der Waals surface area contributed by atoms with Crippen molar-refractivity contribution in [2.75, 3.05) is 5.73 Å². The smallest absolute Gasteiger partial charge is 0.222 e. The van der Waals surface area contributed by atoms with Crippen molar-refractivity contribution in [3.05, 3.63) is 65.0 Å². The summed E-state index contributed by atoms with van der Waals surface area (Å²) in [6.07, 6.45) is 4.17. The summed E-state index contributed by atoms with van der Waals surface area (Å²) in [5, 5.41) is 1.93.